The molecule has 0 unspecified atom stereocenters. The minimum absolute atomic E-state index is 0.0704. The molecule has 6 rings (SSSR count). The van der Waals surface area contributed by atoms with Gasteiger partial charge in [0.2, 0.25) is 0 Å². The van der Waals surface area contributed by atoms with E-state index in [1.165, 1.54) is 231 Å². The summed E-state index contributed by atoms with van der Waals surface area (Å²) in [5.41, 5.74) is 2.28. The monoisotopic (exact) mass is 1420 g/mol. The second kappa shape index (κ2) is 53.8. The zero-order chi connectivity index (χ0) is 69.7. The third-order valence-corrected chi connectivity index (χ3v) is 29.6. The SMILES string of the molecule is CC(C)(C)[Si](OC[C@H](O)COCc1ccccc1)(c1ccccc1)c1ccccc1.CCCCCCCCCCCCCCCCCCBr.CCCCCCCCCCCCCCCCCCO[C@H](COCc1ccccc1)CO[Si](c1ccccc1)(c1ccccc1)C(C)(C)C. The van der Waals surface area contributed by atoms with E-state index in [4.69, 9.17) is 23.1 Å². The van der Waals surface area contributed by atoms with Crippen molar-refractivity contribution in [3.05, 3.63) is 193 Å². The molecular formula is C88H137BrO6Si2. The Morgan fingerprint density at radius 2 is 0.577 bits per heavy atom. The quantitative estimate of drug-likeness (QED) is 0.0233. The third kappa shape index (κ3) is 35.4. The van der Waals surface area contributed by atoms with Gasteiger partial charge in [-0.25, -0.2) is 0 Å². The fourth-order valence-electron chi connectivity index (χ4n) is 13.5. The lowest BCUT2D eigenvalue weighted by atomic mass is 10.0. The molecule has 0 aromatic heterocycles. The number of benzene rings is 6. The van der Waals surface area contributed by atoms with Gasteiger partial charge in [-0.2, -0.15) is 0 Å². The van der Waals surface area contributed by atoms with Gasteiger partial charge >= 0.3 is 0 Å². The van der Waals surface area contributed by atoms with Crippen molar-refractivity contribution >= 4 is 53.3 Å². The van der Waals surface area contributed by atoms with Gasteiger partial charge < -0.3 is 28.2 Å². The summed E-state index contributed by atoms with van der Waals surface area (Å²) < 4.78 is 32.5. The van der Waals surface area contributed by atoms with Gasteiger partial charge in [0.15, 0.2) is 0 Å². The molecule has 0 fully saturated rings. The summed E-state index contributed by atoms with van der Waals surface area (Å²) in [6, 6.07) is 63.1. The number of aliphatic hydroxyl groups excluding tert-OH is 1. The van der Waals surface area contributed by atoms with Crippen LogP contribution in [-0.4, -0.2) is 72.3 Å². The van der Waals surface area contributed by atoms with Crippen LogP contribution in [0, 0.1) is 0 Å². The van der Waals surface area contributed by atoms with E-state index >= 15 is 0 Å². The van der Waals surface area contributed by atoms with Crippen molar-refractivity contribution in [2.75, 3.05) is 38.4 Å². The number of alkyl halides is 1. The maximum absolute atomic E-state index is 10.6. The molecule has 0 heterocycles. The second-order valence-electron chi connectivity index (χ2n) is 29.4. The van der Waals surface area contributed by atoms with Crippen LogP contribution in [0.1, 0.15) is 272 Å². The van der Waals surface area contributed by atoms with Crippen molar-refractivity contribution in [1.82, 2.24) is 0 Å². The Balaban J connectivity index is 0.000000346. The number of hydrogen-bond acceptors (Lipinski definition) is 6. The largest absolute Gasteiger partial charge is 0.405 e. The topological polar surface area (TPSA) is 66.4 Å². The zero-order valence-electron chi connectivity index (χ0n) is 62.6. The van der Waals surface area contributed by atoms with E-state index in [0.717, 1.165) is 18.6 Å². The lowest BCUT2D eigenvalue weighted by Crippen LogP contribution is -2.67. The van der Waals surface area contributed by atoms with Gasteiger partial charge in [-0.1, -0.05) is 446 Å². The molecule has 0 amide bonds. The van der Waals surface area contributed by atoms with Crippen molar-refractivity contribution in [2.45, 2.75) is 296 Å². The molecule has 0 aliphatic heterocycles. The molecule has 6 nitrogen and oxygen atoms in total. The summed E-state index contributed by atoms with van der Waals surface area (Å²) in [5, 5.41) is 16.6. The first-order chi connectivity index (χ1) is 47.3. The van der Waals surface area contributed by atoms with Crippen LogP contribution in [0.15, 0.2) is 182 Å². The van der Waals surface area contributed by atoms with E-state index in [1.54, 1.807) is 0 Å². The first-order valence-electron chi connectivity index (χ1n) is 38.9. The van der Waals surface area contributed by atoms with Crippen LogP contribution in [0.25, 0.3) is 0 Å². The molecular weight excluding hydrogens is 1290 g/mol. The average molecular weight is 1430 g/mol. The van der Waals surface area contributed by atoms with Crippen LogP contribution in [0.5, 0.6) is 0 Å². The second-order valence-corrected chi connectivity index (χ2v) is 38.8. The maximum atomic E-state index is 10.6. The van der Waals surface area contributed by atoms with E-state index in [2.05, 4.69) is 205 Å². The standard InChI is InChI=1S/C44H68O3Si.C26H32O3Si.C18H37Br/c1-5-6-7-8-9-10-11-12-13-14-15-16-17-18-19-29-36-46-41(38-45-37-40-30-23-20-24-31-40)39-47-48(44(2,3)4,42-32-25-21-26-33-42)43-34-27-22-28-35-43;1-26(2,3)30(24-15-9-5-10-16-24,25-17-11-6-12-18-25)29-21-23(27)20-28-19-22-13-7-4-8-14-22;1-2-3-4-5-6-7-8-9-10-11-12-13-14-15-16-17-18-19/h20-28,30-35,41H,5-19,29,36-39H2,1-4H3;4-18,23,27H,19-21H2,1-3H3;2-18H2,1H3/t41-;23-;/m11./s1. The van der Waals surface area contributed by atoms with E-state index in [1.807, 2.05) is 48.5 Å². The summed E-state index contributed by atoms with van der Waals surface area (Å²) >= 11 is 3.49. The molecule has 0 saturated heterocycles. The molecule has 1 N–H and O–H groups in total. The van der Waals surface area contributed by atoms with Crippen molar-refractivity contribution in [1.29, 1.82) is 0 Å². The van der Waals surface area contributed by atoms with Crippen LogP contribution in [-0.2, 0) is 36.3 Å². The lowest BCUT2D eigenvalue weighted by Gasteiger charge is -2.43. The summed E-state index contributed by atoms with van der Waals surface area (Å²) in [6.07, 6.45) is 44.4. The van der Waals surface area contributed by atoms with Crippen LogP contribution in [0.2, 0.25) is 10.1 Å². The molecule has 0 aliphatic carbocycles. The highest BCUT2D eigenvalue weighted by atomic mass is 79.9. The minimum atomic E-state index is -2.64. The van der Waals surface area contributed by atoms with E-state index in [-0.39, 0.29) is 29.4 Å². The predicted molar refractivity (Wildman–Crippen MR) is 428 cm³/mol. The molecule has 0 saturated carbocycles. The highest BCUT2D eigenvalue weighted by molar-refractivity contribution is 9.09. The highest BCUT2D eigenvalue weighted by Crippen LogP contribution is 2.38. The summed E-state index contributed by atoms with van der Waals surface area (Å²) in [5.74, 6) is 0. The Bertz CT molecular complexity index is 2600. The van der Waals surface area contributed by atoms with Crippen LogP contribution < -0.4 is 20.7 Å². The first-order valence-corrected chi connectivity index (χ1v) is 43.8. The Morgan fingerprint density at radius 1 is 0.320 bits per heavy atom. The Morgan fingerprint density at radius 3 is 0.866 bits per heavy atom. The van der Waals surface area contributed by atoms with Crippen molar-refractivity contribution in [3.8, 4) is 0 Å². The molecule has 6 aromatic rings. The molecule has 6 aromatic carbocycles. The number of halogens is 1. The van der Waals surface area contributed by atoms with Gasteiger partial charge in [-0.3, -0.25) is 0 Å². The van der Waals surface area contributed by atoms with Gasteiger partial charge in [0.1, 0.15) is 6.10 Å². The number of aliphatic hydroxyl groups is 1. The highest BCUT2D eigenvalue weighted by Gasteiger charge is 2.51. The van der Waals surface area contributed by atoms with E-state index in [9.17, 15) is 5.11 Å². The molecule has 0 bridgehead atoms. The summed E-state index contributed by atoms with van der Waals surface area (Å²) in [6.45, 7) is 21.6. The summed E-state index contributed by atoms with van der Waals surface area (Å²) in [4.78, 5) is 0. The van der Waals surface area contributed by atoms with E-state index in [0.29, 0.717) is 26.4 Å². The third-order valence-electron chi connectivity index (χ3n) is 19.0. The van der Waals surface area contributed by atoms with Crippen LogP contribution >= 0.6 is 15.9 Å². The molecule has 2 atom stereocenters. The predicted octanol–water partition coefficient (Wildman–Crippen LogP) is 23.2. The van der Waals surface area contributed by atoms with Gasteiger partial charge in [0.25, 0.3) is 16.6 Å². The van der Waals surface area contributed by atoms with Crippen molar-refractivity contribution < 1.29 is 28.2 Å². The molecule has 9 heteroatoms. The Kier molecular flexibility index (Phi) is 47.4. The lowest BCUT2D eigenvalue weighted by molar-refractivity contribution is -0.0441. The normalized spacial score (nSPS) is 12.6. The summed E-state index contributed by atoms with van der Waals surface area (Å²) in [7, 11) is -5.27. The maximum Gasteiger partial charge on any atom is 0.261 e. The number of ether oxygens (including phenoxy) is 3. The first kappa shape index (κ1) is 85.4. The Labute approximate surface area is 605 Å². The fraction of sp³-hybridized carbons (Fsp3) is 0.591. The van der Waals surface area contributed by atoms with Crippen LogP contribution in [0.3, 0.4) is 0 Å². The fourth-order valence-corrected chi connectivity index (χ4v) is 23.1. The zero-order valence-corrected chi connectivity index (χ0v) is 66.2. The van der Waals surface area contributed by atoms with Gasteiger partial charge in [0.05, 0.1) is 45.7 Å². The van der Waals surface area contributed by atoms with Crippen molar-refractivity contribution in [2.24, 2.45) is 0 Å². The molecule has 0 radical (unpaired) electrons. The molecule has 540 valence electrons. The number of unbranched alkanes of at least 4 members (excludes halogenated alkanes) is 30. The van der Waals surface area contributed by atoms with Gasteiger partial charge in [0, 0.05) is 11.9 Å². The number of hydrogen-bond donors (Lipinski definition) is 1. The molecule has 97 heavy (non-hydrogen) atoms. The van der Waals surface area contributed by atoms with Gasteiger partial charge in [-0.05, 0) is 54.8 Å². The van der Waals surface area contributed by atoms with Crippen LogP contribution in [0.4, 0.5) is 0 Å². The van der Waals surface area contributed by atoms with Gasteiger partial charge in [-0.15, -0.1) is 0 Å². The minimum Gasteiger partial charge on any atom is -0.405 e. The molecule has 0 aliphatic rings. The molecule has 0 spiro atoms. The van der Waals surface area contributed by atoms with Crippen molar-refractivity contribution in [3.63, 3.8) is 0 Å². The average Bonchev–Trinajstić information content (AvgIpc) is 0.759. The smallest absolute Gasteiger partial charge is 0.261 e. The number of rotatable bonds is 52. The Hall–Kier alpha value is -4.01. The van der Waals surface area contributed by atoms with E-state index < -0.39 is 22.7 Å².